The number of hydrogen-bond donors (Lipinski definition) is 2. The summed E-state index contributed by atoms with van der Waals surface area (Å²) in [7, 11) is 3.28. The maximum absolute atomic E-state index is 15.4. The Morgan fingerprint density at radius 3 is 2.48 bits per heavy atom. The number of ketones is 1. The Morgan fingerprint density at radius 1 is 1.00 bits per heavy atom. The number of para-hydroxylation sites is 1. The number of aromatic amines is 1. The van der Waals surface area contributed by atoms with Gasteiger partial charge in [-0.25, -0.2) is 14.4 Å². The van der Waals surface area contributed by atoms with Gasteiger partial charge in [0.1, 0.15) is 35.1 Å². The predicted octanol–water partition coefficient (Wildman–Crippen LogP) is 7.35. The van der Waals surface area contributed by atoms with Crippen LogP contribution in [0.1, 0.15) is 28.8 Å². The van der Waals surface area contributed by atoms with Crippen molar-refractivity contribution in [3.8, 4) is 11.5 Å². The van der Waals surface area contributed by atoms with Crippen LogP contribution in [0, 0.1) is 11.7 Å². The number of rotatable bonds is 10. The lowest BCUT2D eigenvalue weighted by Crippen LogP contribution is -2.39. The number of H-pyrrole nitrogens is 1. The van der Waals surface area contributed by atoms with Gasteiger partial charge in [-0.15, -0.1) is 0 Å². The Bertz CT molecular complexity index is 1770. The van der Waals surface area contributed by atoms with E-state index in [1.54, 1.807) is 50.7 Å². The maximum atomic E-state index is 15.4. The molecule has 3 aromatic carbocycles. The summed E-state index contributed by atoms with van der Waals surface area (Å²) in [4.78, 5) is 27.4. The average Bonchev–Trinajstić information content (AvgIpc) is 3.48. The molecular formula is C33H31ClFN5O4. The highest BCUT2D eigenvalue weighted by atomic mass is 35.5. The van der Waals surface area contributed by atoms with Gasteiger partial charge < -0.3 is 29.4 Å². The van der Waals surface area contributed by atoms with Crippen LogP contribution in [0.15, 0.2) is 79.3 Å². The van der Waals surface area contributed by atoms with E-state index in [1.807, 2.05) is 35.2 Å². The van der Waals surface area contributed by atoms with Crippen molar-refractivity contribution in [1.29, 1.82) is 0 Å². The van der Waals surface area contributed by atoms with Crippen molar-refractivity contribution < 1.29 is 23.4 Å². The highest BCUT2D eigenvalue weighted by molar-refractivity contribution is 6.35. The highest BCUT2D eigenvalue weighted by Gasteiger charge is 2.28. The molecule has 0 bridgehead atoms. The average molecular weight is 616 g/mol. The molecule has 1 aliphatic heterocycles. The summed E-state index contributed by atoms with van der Waals surface area (Å²) in [5.74, 6) is 1.11. The number of halogens is 2. The summed E-state index contributed by atoms with van der Waals surface area (Å²) in [5.41, 5.74) is 2.09. The Balaban J connectivity index is 1.21. The SMILES string of the molecule is COC(OC)C1CCN(c2ccc(Nc3ncnc4[nH]cc(C(=O)c5ccc(Oc6ccccc6)cc5Cl)c34)cc2F)CC1. The normalized spacial score (nSPS) is 13.9. The fourth-order valence-corrected chi connectivity index (χ4v) is 5.88. The number of piperidine rings is 1. The standard InChI is InChI=1S/C33H31ClFN5O4/c1-42-33(43-2)20-12-14-40(15-13-20)28-11-8-21(16-27(28)35)39-32-29-25(18-36-31(29)37-19-38-32)30(41)24-10-9-23(17-26(24)34)44-22-6-4-3-5-7-22/h3-11,16-20,33H,12-15H2,1-2H3,(H2,36,37,38,39). The Morgan fingerprint density at radius 2 is 1.77 bits per heavy atom. The molecule has 2 aromatic heterocycles. The summed E-state index contributed by atoms with van der Waals surface area (Å²) in [6.45, 7) is 1.39. The fraction of sp³-hybridized carbons (Fsp3) is 0.242. The van der Waals surface area contributed by atoms with Crippen molar-refractivity contribution in [2.75, 3.05) is 37.5 Å². The minimum Gasteiger partial charge on any atom is -0.457 e. The number of methoxy groups -OCH3 is 2. The quantitative estimate of drug-likeness (QED) is 0.124. The van der Waals surface area contributed by atoms with Crippen molar-refractivity contribution in [3.05, 3.63) is 101 Å². The zero-order valence-corrected chi connectivity index (χ0v) is 25.0. The second kappa shape index (κ2) is 13.0. The third-order valence-electron chi connectivity index (χ3n) is 7.82. The zero-order valence-electron chi connectivity index (χ0n) is 24.2. The highest BCUT2D eigenvalue weighted by Crippen LogP contribution is 2.34. The third kappa shape index (κ3) is 6.10. The summed E-state index contributed by atoms with van der Waals surface area (Å²) in [6.07, 6.45) is 4.36. The summed E-state index contributed by atoms with van der Waals surface area (Å²) < 4.78 is 32.0. The molecule has 1 aliphatic rings. The number of fused-ring (bicyclic) bond motifs is 1. The Kier molecular flexibility index (Phi) is 8.74. The number of nitrogens with zero attached hydrogens (tertiary/aromatic N) is 3. The molecular weight excluding hydrogens is 585 g/mol. The van der Waals surface area contributed by atoms with Crippen LogP contribution in [-0.4, -0.2) is 54.3 Å². The number of anilines is 3. The molecule has 0 radical (unpaired) electrons. The van der Waals surface area contributed by atoms with Crippen LogP contribution in [0.3, 0.4) is 0 Å². The van der Waals surface area contributed by atoms with Gasteiger partial charge in [0.05, 0.1) is 21.7 Å². The molecule has 0 aliphatic carbocycles. The fourth-order valence-electron chi connectivity index (χ4n) is 5.62. The first-order valence-electron chi connectivity index (χ1n) is 14.2. The molecule has 11 heteroatoms. The van der Waals surface area contributed by atoms with E-state index in [-0.39, 0.29) is 28.8 Å². The molecule has 44 heavy (non-hydrogen) atoms. The van der Waals surface area contributed by atoms with Gasteiger partial charge >= 0.3 is 0 Å². The van der Waals surface area contributed by atoms with Gasteiger partial charge in [0, 0.05) is 56.7 Å². The van der Waals surface area contributed by atoms with Crippen molar-refractivity contribution in [2.45, 2.75) is 19.1 Å². The number of ether oxygens (including phenoxy) is 3. The molecule has 5 aromatic rings. The topological polar surface area (TPSA) is 102 Å². The van der Waals surface area contributed by atoms with E-state index in [9.17, 15) is 4.79 Å². The van der Waals surface area contributed by atoms with Crippen LogP contribution in [0.2, 0.25) is 5.02 Å². The number of aromatic nitrogens is 3. The van der Waals surface area contributed by atoms with Gasteiger partial charge in [-0.2, -0.15) is 0 Å². The molecule has 0 amide bonds. The monoisotopic (exact) mass is 615 g/mol. The molecule has 3 heterocycles. The maximum Gasteiger partial charge on any atom is 0.196 e. The van der Waals surface area contributed by atoms with Crippen LogP contribution in [0.4, 0.5) is 21.6 Å². The first kappa shape index (κ1) is 29.6. The molecule has 0 spiro atoms. The summed E-state index contributed by atoms with van der Waals surface area (Å²) in [5, 5.41) is 3.88. The van der Waals surface area contributed by atoms with Gasteiger partial charge in [-0.1, -0.05) is 29.8 Å². The van der Waals surface area contributed by atoms with Crippen LogP contribution in [0.5, 0.6) is 11.5 Å². The van der Waals surface area contributed by atoms with E-state index in [0.717, 1.165) is 12.8 Å². The number of benzene rings is 3. The van der Waals surface area contributed by atoms with Gasteiger partial charge in [-0.3, -0.25) is 4.79 Å². The minimum absolute atomic E-state index is 0.241. The number of carbonyl (C=O) groups is 1. The molecule has 226 valence electrons. The first-order valence-corrected chi connectivity index (χ1v) is 14.6. The molecule has 2 N–H and O–H groups in total. The van der Waals surface area contributed by atoms with E-state index in [4.69, 9.17) is 25.8 Å². The number of nitrogens with one attached hydrogen (secondary N) is 2. The van der Waals surface area contributed by atoms with Crippen LogP contribution in [-0.2, 0) is 9.47 Å². The number of hydrogen-bond acceptors (Lipinski definition) is 8. The molecule has 1 saturated heterocycles. The molecule has 0 atom stereocenters. The minimum atomic E-state index is -0.358. The van der Waals surface area contributed by atoms with Crippen molar-refractivity contribution >= 4 is 45.6 Å². The summed E-state index contributed by atoms with van der Waals surface area (Å²) in [6, 6.07) is 19.2. The second-order valence-electron chi connectivity index (χ2n) is 10.5. The summed E-state index contributed by atoms with van der Waals surface area (Å²) >= 11 is 6.55. The van der Waals surface area contributed by atoms with E-state index in [2.05, 4.69) is 20.3 Å². The van der Waals surface area contributed by atoms with E-state index in [0.29, 0.717) is 63.9 Å². The number of carbonyl (C=O) groups excluding carboxylic acids is 1. The van der Waals surface area contributed by atoms with Crippen molar-refractivity contribution in [3.63, 3.8) is 0 Å². The van der Waals surface area contributed by atoms with Gasteiger partial charge in [0.25, 0.3) is 0 Å². The Hall–Kier alpha value is -4.51. The van der Waals surface area contributed by atoms with Crippen LogP contribution < -0.4 is 15.0 Å². The first-order chi connectivity index (χ1) is 21.4. The van der Waals surface area contributed by atoms with E-state index in [1.165, 1.54) is 12.4 Å². The third-order valence-corrected chi connectivity index (χ3v) is 8.13. The lowest BCUT2D eigenvalue weighted by atomic mass is 9.95. The lowest BCUT2D eigenvalue weighted by Gasteiger charge is -2.36. The molecule has 0 saturated carbocycles. The molecule has 9 nitrogen and oxygen atoms in total. The van der Waals surface area contributed by atoms with Crippen LogP contribution in [0.25, 0.3) is 11.0 Å². The second-order valence-corrected chi connectivity index (χ2v) is 10.9. The lowest BCUT2D eigenvalue weighted by molar-refractivity contribution is -0.141. The largest absolute Gasteiger partial charge is 0.457 e. The molecule has 6 rings (SSSR count). The molecule has 1 fully saturated rings. The van der Waals surface area contributed by atoms with Gasteiger partial charge in [0.15, 0.2) is 12.1 Å². The zero-order chi connectivity index (χ0) is 30.6. The van der Waals surface area contributed by atoms with E-state index >= 15 is 4.39 Å². The van der Waals surface area contributed by atoms with E-state index < -0.39 is 0 Å². The van der Waals surface area contributed by atoms with Gasteiger partial charge in [-0.05, 0) is 55.3 Å². The van der Waals surface area contributed by atoms with Gasteiger partial charge in [0.2, 0.25) is 0 Å². The van der Waals surface area contributed by atoms with Crippen molar-refractivity contribution in [1.82, 2.24) is 15.0 Å². The van der Waals surface area contributed by atoms with Crippen molar-refractivity contribution in [2.24, 2.45) is 5.92 Å². The van der Waals surface area contributed by atoms with Crippen LogP contribution >= 0.6 is 11.6 Å². The Labute approximate surface area is 258 Å². The smallest absolute Gasteiger partial charge is 0.196 e. The molecule has 0 unspecified atom stereocenters. The predicted molar refractivity (Wildman–Crippen MR) is 168 cm³/mol.